The van der Waals surface area contributed by atoms with E-state index in [9.17, 15) is 14.6 Å². The molecule has 0 amide bonds. The molecule has 2 aliphatic rings. The molecule has 5 rings (SSSR count). The van der Waals surface area contributed by atoms with Crippen LogP contribution in [0, 0.1) is 5.92 Å². The average Bonchev–Trinajstić information content (AvgIpc) is 2.81. The smallest absolute Gasteiger partial charge is 0.152 e. The summed E-state index contributed by atoms with van der Waals surface area (Å²) < 4.78 is 40.3. The normalized spacial score (nSPS) is 18.2. The van der Waals surface area contributed by atoms with Crippen LogP contribution in [0.1, 0.15) is 22.8 Å². The van der Waals surface area contributed by atoms with Gasteiger partial charge in [0, 0.05) is 31.1 Å². The fraction of sp³-hybridized carbons (Fsp3) is 0.259. The maximum Gasteiger partial charge on any atom is 0.152 e. The third kappa shape index (κ3) is 4.43. The van der Waals surface area contributed by atoms with Gasteiger partial charge in [0.25, 0.3) is 0 Å². The van der Waals surface area contributed by atoms with Gasteiger partial charge in [0.05, 0.1) is 12.2 Å². The fourth-order valence-electron chi connectivity index (χ4n) is 4.41. The molecule has 1 atom stereocenters. The Labute approximate surface area is 196 Å². The number of ether oxygens (including phenoxy) is 2. The van der Waals surface area contributed by atoms with Gasteiger partial charge < -0.3 is 19.7 Å². The number of phenols is 2. The van der Waals surface area contributed by atoms with Gasteiger partial charge in [-0.15, -0.1) is 0 Å². The minimum Gasteiger partial charge on any atom is -0.508 e. The number of benzene rings is 3. The summed E-state index contributed by atoms with van der Waals surface area (Å²) in [6.07, 6.45) is -0.758. The number of fused-ring (bicyclic) bond motifs is 1. The Balaban J connectivity index is 1.38. The van der Waals surface area contributed by atoms with Crippen molar-refractivity contribution in [2.45, 2.75) is 6.10 Å². The number of likely N-dealkylation sites (tertiary alicyclic amines) is 1. The second-order valence-electron chi connectivity index (χ2n) is 8.65. The van der Waals surface area contributed by atoms with Crippen molar-refractivity contribution in [3.63, 3.8) is 0 Å². The molecule has 0 aromatic heterocycles. The Morgan fingerprint density at radius 3 is 2.47 bits per heavy atom. The molecule has 0 saturated carbocycles. The lowest BCUT2D eigenvalue weighted by Gasteiger charge is -2.37. The number of rotatable bonds is 7. The summed E-state index contributed by atoms with van der Waals surface area (Å²) in [4.78, 5) is 2.15. The van der Waals surface area contributed by atoms with Gasteiger partial charge in [-0.1, -0.05) is 24.3 Å². The number of aromatic hydroxyl groups is 2. The van der Waals surface area contributed by atoms with E-state index in [1.807, 2.05) is 24.3 Å². The highest BCUT2D eigenvalue weighted by Gasteiger charge is 2.32. The van der Waals surface area contributed by atoms with Crippen LogP contribution in [0.2, 0.25) is 0 Å². The molecule has 1 fully saturated rings. The molecule has 3 aromatic carbocycles. The third-order valence-electron chi connectivity index (χ3n) is 6.21. The fourth-order valence-corrected chi connectivity index (χ4v) is 4.41. The molecule has 5 nitrogen and oxygen atoms in total. The van der Waals surface area contributed by atoms with E-state index < -0.39 is 11.9 Å². The SMILES string of the molecule is Oc1cccc(C2=C(F)c3cc(O)ccc3O[C@H]2c2ccc(OCCN3CC(CF)C3)cc2)c1. The minimum atomic E-state index is -0.758. The molecule has 176 valence electrons. The summed E-state index contributed by atoms with van der Waals surface area (Å²) >= 11 is 0. The van der Waals surface area contributed by atoms with Crippen molar-refractivity contribution in [1.29, 1.82) is 0 Å². The molecular formula is C27H25F2NO4. The van der Waals surface area contributed by atoms with Crippen molar-refractivity contribution in [3.8, 4) is 23.0 Å². The van der Waals surface area contributed by atoms with E-state index in [-0.39, 0.29) is 35.2 Å². The molecule has 0 unspecified atom stereocenters. The lowest BCUT2D eigenvalue weighted by Crippen LogP contribution is -2.49. The van der Waals surface area contributed by atoms with Crippen LogP contribution < -0.4 is 9.47 Å². The van der Waals surface area contributed by atoms with Gasteiger partial charge in [0.1, 0.15) is 35.4 Å². The molecule has 1 saturated heterocycles. The zero-order valence-electron chi connectivity index (χ0n) is 18.5. The van der Waals surface area contributed by atoms with Crippen LogP contribution in [0.15, 0.2) is 66.7 Å². The maximum atomic E-state index is 15.7. The van der Waals surface area contributed by atoms with Crippen LogP contribution in [-0.2, 0) is 0 Å². The monoisotopic (exact) mass is 465 g/mol. The quantitative estimate of drug-likeness (QED) is 0.493. The van der Waals surface area contributed by atoms with E-state index in [2.05, 4.69) is 4.90 Å². The maximum absolute atomic E-state index is 15.7. The molecule has 2 N–H and O–H groups in total. The largest absolute Gasteiger partial charge is 0.508 e. The molecule has 0 aliphatic carbocycles. The second-order valence-corrected chi connectivity index (χ2v) is 8.65. The molecule has 34 heavy (non-hydrogen) atoms. The van der Waals surface area contributed by atoms with Crippen LogP contribution in [0.4, 0.5) is 8.78 Å². The van der Waals surface area contributed by atoms with E-state index in [1.54, 1.807) is 12.1 Å². The van der Waals surface area contributed by atoms with Crippen molar-refractivity contribution in [1.82, 2.24) is 4.90 Å². The molecule has 7 heteroatoms. The summed E-state index contributed by atoms with van der Waals surface area (Å²) in [5.74, 6) is 0.585. The van der Waals surface area contributed by atoms with Crippen LogP contribution in [0.3, 0.4) is 0 Å². The first-order valence-electron chi connectivity index (χ1n) is 11.2. The van der Waals surface area contributed by atoms with Crippen LogP contribution >= 0.6 is 0 Å². The van der Waals surface area contributed by atoms with E-state index in [0.29, 0.717) is 29.2 Å². The summed E-state index contributed by atoms with van der Waals surface area (Å²) in [6.45, 7) is 2.51. The van der Waals surface area contributed by atoms with E-state index in [4.69, 9.17) is 9.47 Å². The lowest BCUT2D eigenvalue weighted by molar-refractivity contribution is 0.0668. The number of phenolic OH excluding ortho intramolecular Hbond substituents is 2. The van der Waals surface area contributed by atoms with E-state index in [1.165, 1.54) is 30.3 Å². The van der Waals surface area contributed by atoms with Gasteiger partial charge in [0.15, 0.2) is 6.10 Å². The van der Waals surface area contributed by atoms with Crippen LogP contribution in [0.5, 0.6) is 23.0 Å². The highest BCUT2D eigenvalue weighted by atomic mass is 19.1. The van der Waals surface area contributed by atoms with Crippen molar-refractivity contribution < 1.29 is 28.5 Å². The topological polar surface area (TPSA) is 62.2 Å². The Kier molecular flexibility index (Phi) is 6.11. The van der Waals surface area contributed by atoms with Gasteiger partial charge in [-0.05, 0) is 53.6 Å². The van der Waals surface area contributed by atoms with Gasteiger partial charge in [-0.3, -0.25) is 9.29 Å². The molecule has 3 aromatic rings. The van der Waals surface area contributed by atoms with Crippen molar-refractivity contribution in [2.75, 3.05) is 32.9 Å². The van der Waals surface area contributed by atoms with Gasteiger partial charge >= 0.3 is 0 Å². The Bertz CT molecular complexity index is 1210. The molecule has 0 spiro atoms. The average molecular weight is 465 g/mol. The highest BCUT2D eigenvalue weighted by Crippen LogP contribution is 2.48. The molecule has 2 heterocycles. The summed E-state index contributed by atoms with van der Waals surface area (Å²) in [5, 5.41) is 19.8. The number of alkyl halides is 1. The predicted molar refractivity (Wildman–Crippen MR) is 125 cm³/mol. The Morgan fingerprint density at radius 1 is 0.971 bits per heavy atom. The molecule has 0 radical (unpaired) electrons. The number of halogens is 2. The summed E-state index contributed by atoms with van der Waals surface area (Å²) in [7, 11) is 0. The van der Waals surface area contributed by atoms with Crippen LogP contribution in [0.25, 0.3) is 11.4 Å². The van der Waals surface area contributed by atoms with Gasteiger partial charge in [-0.2, -0.15) is 0 Å². The summed E-state index contributed by atoms with van der Waals surface area (Å²) in [6, 6.07) is 17.9. The van der Waals surface area contributed by atoms with Crippen molar-refractivity contribution in [3.05, 3.63) is 83.4 Å². The highest BCUT2D eigenvalue weighted by molar-refractivity contribution is 5.93. The van der Waals surface area contributed by atoms with E-state index in [0.717, 1.165) is 19.6 Å². The first kappa shape index (κ1) is 22.2. The van der Waals surface area contributed by atoms with Gasteiger partial charge in [0.2, 0.25) is 0 Å². The number of hydrogen-bond donors (Lipinski definition) is 2. The zero-order chi connectivity index (χ0) is 23.7. The van der Waals surface area contributed by atoms with E-state index >= 15 is 4.39 Å². The lowest BCUT2D eigenvalue weighted by atomic mass is 9.90. The molecular weight excluding hydrogens is 440 g/mol. The first-order valence-corrected chi connectivity index (χ1v) is 11.2. The molecule has 0 bridgehead atoms. The molecule has 2 aliphatic heterocycles. The van der Waals surface area contributed by atoms with Crippen LogP contribution in [-0.4, -0.2) is 48.0 Å². The first-order chi connectivity index (χ1) is 16.5. The standard InChI is InChI=1S/C27H25F2NO4/c28-14-17-15-30(16-17)10-11-33-22-7-4-18(5-8-22)27-25(19-2-1-3-20(31)12-19)26(29)23-13-21(32)6-9-24(23)34-27/h1-9,12-13,17,27,31-32H,10-11,14-16H2/t27-/m0/s1. The van der Waals surface area contributed by atoms with Crippen molar-refractivity contribution >= 4 is 11.4 Å². The Morgan fingerprint density at radius 2 is 1.74 bits per heavy atom. The number of nitrogens with zero attached hydrogens (tertiary/aromatic N) is 1. The van der Waals surface area contributed by atoms with Crippen molar-refractivity contribution in [2.24, 2.45) is 5.92 Å². The predicted octanol–water partition coefficient (Wildman–Crippen LogP) is 5.35. The number of hydrogen-bond acceptors (Lipinski definition) is 5. The zero-order valence-corrected chi connectivity index (χ0v) is 18.5. The summed E-state index contributed by atoms with van der Waals surface area (Å²) in [5.41, 5.74) is 1.63. The second kappa shape index (κ2) is 9.35. The van der Waals surface area contributed by atoms with Gasteiger partial charge in [-0.25, -0.2) is 4.39 Å². The minimum absolute atomic E-state index is 0.0158. The third-order valence-corrected chi connectivity index (χ3v) is 6.21. The Hall–Kier alpha value is -3.58.